The second-order valence-corrected chi connectivity index (χ2v) is 4.16. The van der Waals surface area contributed by atoms with Gasteiger partial charge in [0.15, 0.2) is 0 Å². The second kappa shape index (κ2) is 5.84. The third-order valence-electron chi connectivity index (χ3n) is 3.17. The lowest BCUT2D eigenvalue weighted by atomic mass is 9.85. The van der Waals surface area contributed by atoms with Crippen LogP contribution in [0.2, 0.25) is 0 Å². The van der Waals surface area contributed by atoms with Gasteiger partial charge in [-0.15, -0.1) is 0 Å². The Balaban J connectivity index is 2.27. The van der Waals surface area contributed by atoms with Gasteiger partial charge in [-0.05, 0) is 25.7 Å². The predicted octanol–water partition coefficient (Wildman–Crippen LogP) is 3.38. The largest absolute Gasteiger partial charge is 0.478 e. The molecule has 2 nitrogen and oxygen atoms in total. The standard InChI is InChI=1S/C12H20O2/c1-2-11(12(13)14)9-8-10-6-4-3-5-7-10/h2,10H,3-9H2,1H3,(H,13,14). The van der Waals surface area contributed by atoms with Gasteiger partial charge in [0, 0.05) is 5.57 Å². The fourth-order valence-electron chi connectivity index (χ4n) is 2.21. The topological polar surface area (TPSA) is 37.3 Å². The summed E-state index contributed by atoms with van der Waals surface area (Å²) in [5, 5.41) is 8.83. The number of carbonyl (C=O) groups is 1. The van der Waals surface area contributed by atoms with Crippen LogP contribution in [-0.4, -0.2) is 11.1 Å². The maximum Gasteiger partial charge on any atom is 0.331 e. The maximum absolute atomic E-state index is 10.7. The number of hydrogen-bond acceptors (Lipinski definition) is 1. The molecule has 0 heterocycles. The molecular formula is C12H20O2. The van der Waals surface area contributed by atoms with Crippen molar-refractivity contribution in [3.63, 3.8) is 0 Å². The van der Waals surface area contributed by atoms with Crippen LogP contribution in [0.3, 0.4) is 0 Å². The minimum Gasteiger partial charge on any atom is -0.478 e. The zero-order chi connectivity index (χ0) is 10.4. The van der Waals surface area contributed by atoms with E-state index in [0.717, 1.165) is 18.8 Å². The monoisotopic (exact) mass is 196 g/mol. The van der Waals surface area contributed by atoms with E-state index in [-0.39, 0.29) is 0 Å². The Hall–Kier alpha value is -0.790. The molecule has 0 amide bonds. The van der Waals surface area contributed by atoms with E-state index in [9.17, 15) is 4.79 Å². The molecule has 0 aliphatic heterocycles. The summed E-state index contributed by atoms with van der Waals surface area (Å²) >= 11 is 0. The summed E-state index contributed by atoms with van der Waals surface area (Å²) in [4.78, 5) is 10.7. The SMILES string of the molecule is CC=C(CCC1CCCCC1)C(=O)O. The Kier molecular flexibility index (Phi) is 4.71. The molecule has 1 aliphatic carbocycles. The number of aliphatic carboxylic acids is 1. The van der Waals surface area contributed by atoms with E-state index in [2.05, 4.69) is 0 Å². The molecule has 1 fully saturated rings. The molecule has 1 aliphatic rings. The Morgan fingerprint density at radius 1 is 1.36 bits per heavy atom. The van der Waals surface area contributed by atoms with Gasteiger partial charge in [0.25, 0.3) is 0 Å². The van der Waals surface area contributed by atoms with Crippen LogP contribution in [0.1, 0.15) is 51.9 Å². The molecule has 1 rings (SSSR count). The van der Waals surface area contributed by atoms with Crippen LogP contribution in [0.15, 0.2) is 11.6 Å². The molecule has 80 valence electrons. The molecule has 1 saturated carbocycles. The number of carboxylic acid groups (broad SMARTS) is 1. The molecule has 0 bridgehead atoms. The highest BCUT2D eigenvalue weighted by Gasteiger charge is 2.15. The summed E-state index contributed by atoms with van der Waals surface area (Å²) in [6, 6.07) is 0. The van der Waals surface area contributed by atoms with Crippen LogP contribution in [-0.2, 0) is 4.79 Å². The molecule has 14 heavy (non-hydrogen) atoms. The summed E-state index contributed by atoms with van der Waals surface area (Å²) in [5.74, 6) is 0.0290. The van der Waals surface area contributed by atoms with Gasteiger partial charge in [-0.3, -0.25) is 0 Å². The molecule has 0 spiro atoms. The number of carboxylic acids is 1. The van der Waals surface area contributed by atoms with Gasteiger partial charge >= 0.3 is 5.97 Å². The van der Waals surface area contributed by atoms with Crippen molar-refractivity contribution in [2.75, 3.05) is 0 Å². The molecule has 1 N–H and O–H groups in total. The first-order chi connectivity index (χ1) is 6.74. The average molecular weight is 196 g/mol. The van der Waals surface area contributed by atoms with Gasteiger partial charge in [-0.2, -0.15) is 0 Å². The Morgan fingerprint density at radius 3 is 2.50 bits per heavy atom. The summed E-state index contributed by atoms with van der Waals surface area (Å²) in [6.45, 7) is 1.81. The lowest BCUT2D eigenvalue weighted by Crippen LogP contribution is -2.08. The van der Waals surface area contributed by atoms with Crippen LogP contribution in [0.25, 0.3) is 0 Å². The normalized spacial score (nSPS) is 19.6. The molecule has 2 heteroatoms. The van der Waals surface area contributed by atoms with Crippen molar-refractivity contribution in [2.45, 2.75) is 51.9 Å². The van der Waals surface area contributed by atoms with Crippen LogP contribution < -0.4 is 0 Å². The summed E-state index contributed by atoms with van der Waals surface area (Å²) in [7, 11) is 0. The molecular weight excluding hydrogens is 176 g/mol. The summed E-state index contributed by atoms with van der Waals surface area (Å²) in [6.07, 6.45) is 10.2. The minimum absolute atomic E-state index is 0.579. The van der Waals surface area contributed by atoms with Crippen molar-refractivity contribution in [3.05, 3.63) is 11.6 Å². The average Bonchev–Trinajstić information content (AvgIpc) is 2.20. The van der Waals surface area contributed by atoms with Crippen molar-refractivity contribution in [1.29, 1.82) is 0 Å². The zero-order valence-corrected chi connectivity index (χ0v) is 8.96. The second-order valence-electron chi connectivity index (χ2n) is 4.16. The van der Waals surface area contributed by atoms with E-state index in [0.29, 0.717) is 5.57 Å². The smallest absolute Gasteiger partial charge is 0.331 e. The molecule has 0 aromatic heterocycles. The highest BCUT2D eigenvalue weighted by Crippen LogP contribution is 2.28. The summed E-state index contributed by atoms with van der Waals surface area (Å²) in [5.41, 5.74) is 0.579. The fraction of sp³-hybridized carbons (Fsp3) is 0.750. The molecule has 0 radical (unpaired) electrons. The van der Waals surface area contributed by atoms with Crippen LogP contribution in [0.4, 0.5) is 0 Å². The number of hydrogen-bond donors (Lipinski definition) is 1. The van der Waals surface area contributed by atoms with Crippen molar-refractivity contribution in [3.8, 4) is 0 Å². The van der Waals surface area contributed by atoms with E-state index < -0.39 is 5.97 Å². The molecule has 0 aromatic rings. The molecule has 0 unspecified atom stereocenters. The van der Waals surface area contributed by atoms with Crippen LogP contribution in [0, 0.1) is 5.92 Å². The van der Waals surface area contributed by atoms with Gasteiger partial charge in [0.2, 0.25) is 0 Å². The predicted molar refractivity (Wildman–Crippen MR) is 57.2 cm³/mol. The zero-order valence-electron chi connectivity index (χ0n) is 8.96. The third kappa shape index (κ3) is 3.52. The third-order valence-corrected chi connectivity index (χ3v) is 3.17. The highest BCUT2D eigenvalue weighted by molar-refractivity contribution is 5.86. The van der Waals surface area contributed by atoms with E-state index >= 15 is 0 Å². The van der Waals surface area contributed by atoms with E-state index in [1.54, 1.807) is 6.08 Å². The highest BCUT2D eigenvalue weighted by atomic mass is 16.4. The van der Waals surface area contributed by atoms with Crippen LogP contribution >= 0.6 is 0 Å². The van der Waals surface area contributed by atoms with E-state index in [1.807, 2.05) is 6.92 Å². The van der Waals surface area contributed by atoms with Crippen molar-refractivity contribution in [1.82, 2.24) is 0 Å². The number of allylic oxidation sites excluding steroid dienone is 1. The van der Waals surface area contributed by atoms with Gasteiger partial charge in [0.1, 0.15) is 0 Å². The lowest BCUT2D eigenvalue weighted by molar-refractivity contribution is -0.132. The van der Waals surface area contributed by atoms with Crippen molar-refractivity contribution < 1.29 is 9.90 Å². The summed E-state index contributed by atoms with van der Waals surface area (Å²) < 4.78 is 0. The minimum atomic E-state index is -0.747. The van der Waals surface area contributed by atoms with Gasteiger partial charge < -0.3 is 5.11 Å². The fourth-order valence-corrected chi connectivity index (χ4v) is 2.21. The van der Waals surface area contributed by atoms with Gasteiger partial charge in [-0.1, -0.05) is 38.2 Å². The van der Waals surface area contributed by atoms with E-state index in [1.165, 1.54) is 32.1 Å². The quantitative estimate of drug-likeness (QED) is 0.700. The molecule has 0 saturated heterocycles. The lowest BCUT2D eigenvalue weighted by Gasteiger charge is -2.21. The maximum atomic E-state index is 10.7. The Morgan fingerprint density at radius 2 is 2.00 bits per heavy atom. The van der Waals surface area contributed by atoms with Gasteiger partial charge in [-0.25, -0.2) is 4.79 Å². The first-order valence-electron chi connectivity index (χ1n) is 5.62. The number of rotatable bonds is 4. The Bertz CT molecular complexity index is 212. The van der Waals surface area contributed by atoms with Crippen molar-refractivity contribution >= 4 is 5.97 Å². The van der Waals surface area contributed by atoms with Crippen molar-refractivity contribution in [2.24, 2.45) is 5.92 Å². The molecule has 0 aromatic carbocycles. The molecule has 0 atom stereocenters. The first kappa shape index (κ1) is 11.3. The van der Waals surface area contributed by atoms with Gasteiger partial charge in [0.05, 0.1) is 0 Å². The van der Waals surface area contributed by atoms with E-state index in [4.69, 9.17) is 5.11 Å². The first-order valence-corrected chi connectivity index (χ1v) is 5.62. The van der Waals surface area contributed by atoms with Crippen LogP contribution in [0.5, 0.6) is 0 Å². The Labute approximate surface area is 86.0 Å².